The summed E-state index contributed by atoms with van der Waals surface area (Å²) in [6.07, 6.45) is 1.15. The van der Waals surface area contributed by atoms with Gasteiger partial charge in [-0.15, -0.1) is 0 Å². The number of nitrogens with one attached hydrogen (secondary N) is 1. The van der Waals surface area contributed by atoms with Crippen LogP contribution >= 0.6 is 0 Å². The molecule has 0 rings (SSSR count). The van der Waals surface area contributed by atoms with Crippen LogP contribution in [0.5, 0.6) is 0 Å². The standard InChI is InChI=1S/C12H27NO4/c1-3-11(5-6-14)13-9-12(15)10-17-8-7-16-4-2/h11-15H,3-10H2,1-2H3. The number of aliphatic hydroxyl groups excluding tert-OH is 2. The van der Waals surface area contributed by atoms with Gasteiger partial charge in [0.15, 0.2) is 0 Å². The van der Waals surface area contributed by atoms with E-state index in [-0.39, 0.29) is 12.6 Å². The molecule has 0 aliphatic rings. The van der Waals surface area contributed by atoms with E-state index in [1.807, 2.05) is 6.92 Å². The summed E-state index contributed by atoms with van der Waals surface area (Å²) < 4.78 is 10.4. The lowest BCUT2D eigenvalue weighted by Crippen LogP contribution is -2.37. The molecule has 0 saturated heterocycles. The molecule has 5 heteroatoms. The predicted octanol–water partition coefficient (Wildman–Crippen LogP) is 0.151. The molecule has 0 aliphatic carbocycles. The van der Waals surface area contributed by atoms with Crippen LogP contribution < -0.4 is 5.32 Å². The average molecular weight is 249 g/mol. The van der Waals surface area contributed by atoms with Crippen molar-refractivity contribution in [2.45, 2.75) is 38.8 Å². The summed E-state index contributed by atoms with van der Waals surface area (Å²) in [5, 5.41) is 21.6. The Morgan fingerprint density at radius 1 is 1.18 bits per heavy atom. The van der Waals surface area contributed by atoms with E-state index in [9.17, 15) is 5.11 Å². The molecule has 0 spiro atoms. The van der Waals surface area contributed by atoms with E-state index in [0.717, 1.165) is 6.42 Å². The largest absolute Gasteiger partial charge is 0.396 e. The monoisotopic (exact) mass is 249 g/mol. The van der Waals surface area contributed by atoms with Crippen LogP contribution in [0, 0.1) is 0 Å². The Kier molecular flexibility index (Phi) is 12.1. The van der Waals surface area contributed by atoms with Crippen LogP contribution in [-0.4, -0.2) is 61.9 Å². The van der Waals surface area contributed by atoms with Crippen molar-refractivity contribution in [3.05, 3.63) is 0 Å². The molecule has 0 bridgehead atoms. The molecule has 0 radical (unpaired) electrons. The van der Waals surface area contributed by atoms with Crippen molar-refractivity contribution < 1.29 is 19.7 Å². The van der Waals surface area contributed by atoms with Gasteiger partial charge in [-0.05, 0) is 19.8 Å². The Morgan fingerprint density at radius 2 is 1.88 bits per heavy atom. The highest BCUT2D eigenvalue weighted by molar-refractivity contribution is 4.67. The Balaban J connectivity index is 3.40. The van der Waals surface area contributed by atoms with E-state index in [1.54, 1.807) is 0 Å². The van der Waals surface area contributed by atoms with Crippen molar-refractivity contribution in [3.8, 4) is 0 Å². The molecule has 3 N–H and O–H groups in total. The summed E-state index contributed by atoms with van der Waals surface area (Å²) in [5.74, 6) is 0. The molecule has 0 amide bonds. The maximum absolute atomic E-state index is 9.63. The van der Waals surface area contributed by atoms with Crippen LogP contribution in [0.15, 0.2) is 0 Å². The lowest BCUT2D eigenvalue weighted by Gasteiger charge is -2.18. The number of hydrogen-bond acceptors (Lipinski definition) is 5. The summed E-state index contributed by atoms with van der Waals surface area (Å²) in [7, 11) is 0. The first kappa shape index (κ1) is 16.8. The first-order chi connectivity index (χ1) is 8.24. The van der Waals surface area contributed by atoms with E-state index >= 15 is 0 Å². The lowest BCUT2D eigenvalue weighted by atomic mass is 10.1. The van der Waals surface area contributed by atoms with Gasteiger partial charge < -0.3 is 25.0 Å². The van der Waals surface area contributed by atoms with Gasteiger partial charge in [0.25, 0.3) is 0 Å². The van der Waals surface area contributed by atoms with Gasteiger partial charge >= 0.3 is 0 Å². The van der Waals surface area contributed by atoms with Gasteiger partial charge in [0.05, 0.1) is 25.9 Å². The molecule has 0 fully saturated rings. The number of aliphatic hydroxyl groups is 2. The third-order valence-electron chi connectivity index (χ3n) is 2.50. The zero-order valence-electron chi connectivity index (χ0n) is 11.0. The second-order valence-corrected chi connectivity index (χ2v) is 3.95. The third kappa shape index (κ3) is 10.7. The van der Waals surface area contributed by atoms with Gasteiger partial charge in [-0.3, -0.25) is 0 Å². The van der Waals surface area contributed by atoms with Gasteiger partial charge in [-0.1, -0.05) is 6.92 Å². The molecule has 2 unspecified atom stereocenters. The minimum Gasteiger partial charge on any atom is -0.396 e. The Bertz CT molecular complexity index is 157. The smallest absolute Gasteiger partial charge is 0.0897 e. The van der Waals surface area contributed by atoms with Crippen LogP contribution in [0.25, 0.3) is 0 Å². The van der Waals surface area contributed by atoms with Crippen LogP contribution in [0.1, 0.15) is 26.7 Å². The molecule has 104 valence electrons. The molecular formula is C12H27NO4. The van der Waals surface area contributed by atoms with Crippen molar-refractivity contribution in [1.29, 1.82) is 0 Å². The van der Waals surface area contributed by atoms with Crippen LogP contribution in [0.4, 0.5) is 0 Å². The average Bonchev–Trinajstić information content (AvgIpc) is 2.34. The van der Waals surface area contributed by atoms with Gasteiger partial charge in [-0.25, -0.2) is 0 Å². The molecule has 0 heterocycles. The molecule has 0 aromatic carbocycles. The van der Waals surface area contributed by atoms with Crippen molar-refractivity contribution in [3.63, 3.8) is 0 Å². The van der Waals surface area contributed by atoms with Crippen LogP contribution in [0.3, 0.4) is 0 Å². The van der Waals surface area contributed by atoms with E-state index in [1.165, 1.54) is 0 Å². The minimum atomic E-state index is -0.510. The third-order valence-corrected chi connectivity index (χ3v) is 2.50. The summed E-state index contributed by atoms with van der Waals surface area (Å²) in [6, 6.07) is 0.262. The number of hydrogen-bond donors (Lipinski definition) is 3. The van der Waals surface area contributed by atoms with Crippen molar-refractivity contribution in [2.24, 2.45) is 0 Å². The molecule has 0 saturated carbocycles. The fraction of sp³-hybridized carbons (Fsp3) is 1.00. The SMILES string of the molecule is CCOCCOCC(O)CNC(CC)CCO. The molecule has 5 nitrogen and oxygen atoms in total. The van der Waals surface area contributed by atoms with Gasteiger partial charge in [0, 0.05) is 25.8 Å². The lowest BCUT2D eigenvalue weighted by molar-refractivity contribution is 0.00548. The predicted molar refractivity (Wildman–Crippen MR) is 67.1 cm³/mol. The van der Waals surface area contributed by atoms with Crippen LogP contribution in [0.2, 0.25) is 0 Å². The van der Waals surface area contributed by atoms with Gasteiger partial charge in [-0.2, -0.15) is 0 Å². The summed E-state index contributed by atoms with van der Waals surface area (Å²) in [4.78, 5) is 0. The Morgan fingerprint density at radius 3 is 2.47 bits per heavy atom. The van der Waals surface area contributed by atoms with E-state index in [0.29, 0.717) is 39.4 Å². The summed E-state index contributed by atoms with van der Waals surface area (Å²) in [5.41, 5.74) is 0. The summed E-state index contributed by atoms with van der Waals surface area (Å²) in [6.45, 7) is 6.74. The van der Waals surface area contributed by atoms with Crippen molar-refractivity contribution in [1.82, 2.24) is 5.32 Å². The maximum atomic E-state index is 9.63. The van der Waals surface area contributed by atoms with Gasteiger partial charge in [0.1, 0.15) is 0 Å². The first-order valence-corrected chi connectivity index (χ1v) is 6.42. The number of ether oxygens (including phenoxy) is 2. The molecule has 0 aromatic rings. The highest BCUT2D eigenvalue weighted by Gasteiger charge is 2.08. The van der Waals surface area contributed by atoms with Crippen LogP contribution in [-0.2, 0) is 9.47 Å². The fourth-order valence-electron chi connectivity index (χ4n) is 1.45. The highest BCUT2D eigenvalue weighted by Crippen LogP contribution is 1.96. The quantitative estimate of drug-likeness (QED) is 0.430. The highest BCUT2D eigenvalue weighted by atomic mass is 16.5. The van der Waals surface area contributed by atoms with E-state index < -0.39 is 6.10 Å². The normalized spacial score (nSPS) is 14.8. The van der Waals surface area contributed by atoms with Crippen molar-refractivity contribution >= 4 is 0 Å². The molecule has 0 aliphatic heterocycles. The second kappa shape index (κ2) is 12.3. The fourth-order valence-corrected chi connectivity index (χ4v) is 1.45. The molecule has 17 heavy (non-hydrogen) atoms. The van der Waals surface area contributed by atoms with E-state index in [4.69, 9.17) is 14.6 Å². The molecule has 0 aromatic heterocycles. The first-order valence-electron chi connectivity index (χ1n) is 6.42. The zero-order chi connectivity index (χ0) is 12.9. The summed E-state index contributed by atoms with van der Waals surface area (Å²) >= 11 is 0. The molecule has 2 atom stereocenters. The number of rotatable bonds is 12. The van der Waals surface area contributed by atoms with Gasteiger partial charge in [0.2, 0.25) is 0 Å². The topological polar surface area (TPSA) is 71.0 Å². The van der Waals surface area contributed by atoms with Crippen molar-refractivity contribution in [2.75, 3.05) is 39.6 Å². The second-order valence-electron chi connectivity index (χ2n) is 3.95. The Hall–Kier alpha value is -0.200. The van der Waals surface area contributed by atoms with E-state index in [2.05, 4.69) is 12.2 Å². The zero-order valence-corrected chi connectivity index (χ0v) is 11.0. The maximum Gasteiger partial charge on any atom is 0.0897 e. The Labute approximate surface area is 104 Å². The minimum absolute atomic E-state index is 0.173. The molecular weight excluding hydrogens is 222 g/mol.